The fourth-order valence-electron chi connectivity index (χ4n) is 1.87. The summed E-state index contributed by atoms with van der Waals surface area (Å²) in [5, 5.41) is 3.56. The fraction of sp³-hybridized carbons (Fsp3) is 1.00. The van der Waals surface area contributed by atoms with Gasteiger partial charge in [0.05, 0.1) is 0 Å². The minimum Gasteiger partial charge on any atom is -0.311 e. The fourth-order valence-corrected chi connectivity index (χ4v) is 1.87. The first-order chi connectivity index (χ1) is 5.47. The van der Waals surface area contributed by atoms with Crippen molar-refractivity contribution in [3.05, 3.63) is 0 Å². The molecule has 0 amide bonds. The summed E-state index contributed by atoms with van der Waals surface area (Å²) < 4.78 is 0. The number of hydrogen-bond donors (Lipinski definition) is 1. The maximum Gasteiger partial charge on any atom is 0.0200 e. The molecule has 0 aliphatic carbocycles. The Morgan fingerprint density at radius 2 is 2.08 bits per heavy atom. The zero-order valence-corrected chi connectivity index (χ0v) is 8.85. The van der Waals surface area contributed by atoms with Crippen molar-refractivity contribution in [2.24, 2.45) is 5.41 Å². The molecule has 1 atom stereocenters. The third kappa shape index (κ3) is 3.55. The van der Waals surface area contributed by atoms with Crippen LogP contribution in [-0.4, -0.2) is 37.6 Å². The molecule has 1 N–H and O–H groups in total. The first-order valence-corrected chi connectivity index (χ1v) is 4.89. The van der Waals surface area contributed by atoms with Gasteiger partial charge in [0, 0.05) is 25.7 Å². The largest absolute Gasteiger partial charge is 0.311 e. The molecule has 1 fully saturated rings. The summed E-state index contributed by atoms with van der Waals surface area (Å²) in [6.45, 7) is 10.5. The van der Waals surface area contributed by atoms with Crippen molar-refractivity contribution >= 4 is 0 Å². The maximum atomic E-state index is 3.56. The van der Waals surface area contributed by atoms with E-state index in [9.17, 15) is 0 Å². The van der Waals surface area contributed by atoms with Crippen molar-refractivity contribution in [1.82, 2.24) is 10.2 Å². The van der Waals surface area contributed by atoms with Crippen LogP contribution in [0, 0.1) is 5.41 Å². The van der Waals surface area contributed by atoms with E-state index in [4.69, 9.17) is 0 Å². The van der Waals surface area contributed by atoms with Crippen molar-refractivity contribution < 1.29 is 0 Å². The smallest absolute Gasteiger partial charge is 0.0200 e. The van der Waals surface area contributed by atoms with Gasteiger partial charge in [0.1, 0.15) is 0 Å². The van der Waals surface area contributed by atoms with Crippen molar-refractivity contribution in [1.29, 1.82) is 0 Å². The molecule has 0 aromatic carbocycles. The van der Waals surface area contributed by atoms with Gasteiger partial charge in [-0.25, -0.2) is 0 Å². The minimum atomic E-state index is 0.454. The van der Waals surface area contributed by atoms with Gasteiger partial charge in [-0.3, -0.25) is 0 Å². The molecule has 1 unspecified atom stereocenters. The Hall–Kier alpha value is -0.0800. The van der Waals surface area contributed by atoms with Gasteiger partial charge in [-0.05, 0) is 18.9 Å². The maximum absolute atomic E-state index is 3.56. The highest BCUT2D eigenvalue weighted by Gasteiger charge is 2.21. The monoisotopic (exact) mass is 170 g/mol. The predicted octanol–water partition coefficient (Wildman–Crippen LogP) is 1.33. The van der Waals surface area contributed by atoms with E-state index >= 15 is 0 Å². The van der Waals surface area contributed by atoms with Crippen LogP contribution in [-0.2, 0) is 0 Å². The molecule has 1 rings (SSSR count). The van der Waals surface area contributed by atoms with Gasteiger partial charge >= 0.3 is 0 Å². The molecule has 12 heavy (non-hydrogen) atoms. The SMILES string of the molecule is CN1CCNC(CC(C)(C)C)C1. The summed E-state index contributed by atoms with van der Waals surface area (Å²) in [6, 6.07) is 0.698. The average Bonchev–Trinajstić information content (AvgIpc) is 1.82. The van der Waals surface area contributed by atoms with E-state index in [-0.39, 0.29) is 0 Å². The molecule has 1 aliphatic heterocycles. The van der Waals surface area contributed by atoms with Gasteiger partial charge in [0.2, 0.25) is 0 Å². The Morgan fingerprint density at radius 3 is 2.58 bits per heavy atom. The van der Waals surface area contributed by atoms with Crippen LogP contribution < -0.4 is 5.32 Å². The summed E-state index contributed by atoms with van der Waals surface area (Å²) in [4.78, 5) is 2.41. The molecule has 1 heterocycles. The second-order valence-corrected chi connectivity index (χ2v) is 5.18. The number of hydrogen-bond acceptors (Lipinski definition) is 2. The molecule has 72 valence electrons. The normalized spacial score (nSPS) is 27.5. The zero-order chi connectivity index (χ0) is 9.19. The summed E-state index contributed by atoms with van der Waals surface area (Å²) in [5.41, 5.74) is 0.454. The summed E-state index contributed by atoms with van der Waals surface area (Å²) in [6.07, 6.45) is 1.28. The molecular formula is C10H22N2. The van der Waals surface area contributed by atoms with E-state index < -0.39 is 0 Å². The molecule has 0 spiro atoms. The van der Waals surface area contributed by atoms with Crippen molar-refractivity contribution in [3.8, 4) is 0 Å². The molecule has 0 saturated carbocycles. The van der Waals surface area contributed by atoms with Crippen LogP contribution in [0.4, 0.5) is 0 Å². The lowest BCUT2D eigenvalue weighted by molar-refractivity contribution is 0.196. The number of piperazine rings is 1. The molecule has 2 heteroatoms. The summed E-state index contributed by atoms with van der Waals surface area (Å²) in [7, 11) is 2.20. The van der Waals surface area contributed by atoms with Crippen LogP contribution in [0.2, 0.25) is 0 Å². The van der Waals surface area contributed by atoms with Crippen LogP contribution in [0.5, 0.6) is 0 Å². The predicted molar refractivity (Wildman–Crippen MR) is 53.4 cm³/mol. The standard InChI is InChI=1S/C10H22N2/c1-10(2,3)7-9-8-12(4)6-5-11-9/h9,11H,5-8H2,1-4H3. The number of likely N-dealkylation sites (N-methyl/N-ethyl adjacent to an activating group) is 1. The molecular weight excluding hydrogens is 148 g/mol. The van der Waals surface area contributed by atoms with Gasteiger partial charge in [-0.2, -0.15) is 0 Å². The van der Waals surface area contributed by atoms with Crippen molar-refractivity contribution in [3.63, 3.8) is 0 Å². The van der Waals surface area contributed by atoms with Gasteiger partial charge in [0.25, 0.3) is 0 Å². The van der Waals surface area contributed by atoms with E-state index in [1.54, 1.807) is 0 Å². The number of nitrogens with zero attached hydrogens (tertiary/aromatic N) is 1. The molecule has 2 nitrogen and oxygen atoms in total. The summed E-state index contributed by atoms with van der Waals surface area (Å²) in [5.74, 6) is 0. The number of rotatable bonds is 1. The third-order valence-corrected chi connectivity index (χ3v) is 2.32. The molecule has 0 bridgehead atoms. The second-order valence-electron chi connectivity index (χ2n) is 5.18. The van der Waals surface area contributed by atoms with Crippen LogP contribution in [0.15, 0.2) is 0 Å². The van der Waals surface area contributed by atoms with E-state index in [1.165, 1.54) is 19.5 Å². The van der Waals surface area contributed by atoms with E-state index in [0.29, 0.717) is 11.5 Å². The Kier molecular flexibility index (Phi) is 3.13. The Balaban J connectivity index is 2.32. The van der Waals surface area contributed by atoms with Crippen molar-refractivity contribution in [2.45, 2.75) is 33.2 Å². The van der Waals surface area contributed by atoms with Gasteiger partial charge in [-0.15, -0.1) is 0 Å². The summed E-state index contributed by atoms with van der Waals surface area (Å²) >= 11 is 0. The number of nitrogens with one attached hydrogen (secondary N) is 1. The molecule has 0 radical (unpaired) electrons. The Bertz CT molecular complexity index is 137. The highest BCUT2D eigenvalue weighted by molar-refractivity contribution is 4.80. The first-order valence-electron chi connectivity index (χ1n) is 4.89. The van der Waals surface area contributed by atoms with Gasteiger partial charge in [-0.1, -0.05) is 20.8 Å². The molecule has 1 aliphatic rings. The van der Waals surface area contributed by atoms with E-state index in [2.05, 4.69) is 38.0 Å². The van der Waals surface area contributed by atoms with Crippen LogP contribution in [0.1, 0.15) is 27.2 Å². The van der Waals surface area contributed by atoms with Gasteiger partial charge in [0.15, 0.2) is 0 Å². The van der Waals surface area contributed by atoms with Gasteiger partial charge < -0.3 is 10.2 Å². The molecule has 0 aromatic rings. The average molecular weight is 170 g/mol. The van der Waals surface area contributed by atoms with Crippen LogP contribution >= 0.6 is 0 Å². The third-order valence-electron chi connectivity index (χ3n) is 2.32. The van der Waals surface area contributed by atoms with E-state index in [0.717, 1.165) is 6.54 Å². The van der Waals surface area contributed by atoms with Crippen molar-refractivity contribution in [2.75, 3.05) is 26.7 Å². The molecule has 1 saturated heterocycles. The highest BCUT2D eigenvalue weighted by Crippen LogP contribution is 2.21. The second kappa shape index (κ2) is 3.75. The molecule has 0 aromatic heterocycles. The first kappa shape index (κ1) is 10.0. The minimum absolute atomic E-state index is 0.454. The topological polar surface area (TPSA) is 15.3 Å². The lowest BCUT2D eigenvalue weighted by Crippen LogP contribution is -2.50. The quantitative estimate of drug-likeness (QED) is 0.638. The lowest BCUT2D eigenvalue weighted by atomic mass is 9.87. The zero-order valence-electron chi connectivity index (χ0n) is 8.85. The van der Waals surface area contributed by atoms with Crippen LogP contribution in [0.3, 0.4) is 0 Å². The highest BCUT2D eigenvalue weighted by atomic mass is 15.2. The lowest BCUT2D eigenvalue weighted by Gasteiger charge is -2.34. The Morgan fingerprint density at radius 1 is 1.42 bits per heavy atom. The Labute approximate surface area is 76.3 Å². The van der Waals surface area contributed by atoms with E-state index in [1.807, 2.05) is 0 Å². The van der Waals surface area contributed by atoms with Crippen LogP contribution in [0.25, 0.3) is 0 Å².